The third-order valence-electron chi connectivity index (χ3n) is 4.10. The highest BCUT2D eigenvalue weighted by molar-refractivity contribution is 5.90. The van der Waals surface area contributed by atoms with Crippen molar-refractivity contribution in [3.8, 4) is 0 Å². The fourth-order valence-electron chi connectivity index (χ4n) is 2.40. The Bertz CT molecular complexity index is 768. The van der Waals surface area contributed by atoms with Gasteiger partial charge in [-0.05, 0) is 35.4 Å². The van der Waals surface area contributed by atoms with Gasteiger partial charge in [0, 0.05) is 12.2 Å². The van der Waals surface area contributed by atoms with Crippen LogP contribution in [0.4, 0.5) is 24.5 Å². The molecule has 1 fully saturated rings. The minimum absolute atomic E-state index is 0.0130. The molecule has 0 unspecified atom stereocenters. The van der Waals surface area contributed by atoms with Crippen LogP contribution in [-0.4, -0.2) is 11.4 Å². The zero-order chi connectivity index (χ0) is 18.1. The molecule has 0 aliphatic heterocycles. The first-order valence-electron chi connectivity index (χ1n) is 7.83. The van der Waals surface area contributed by atoms with Crippen LogP contribution in [0.3, 0.4) is 0 Å². The smallest absolute Gasteiger partial charge is 0.418 e. The number of hydrogen-bond acceptors (Lipinski definition) is 2. The lowest BCUT2D eigenvalue weighted by atomic mass is 10.1. The Kier molecular flexibility index (Phi) is 4.43. The first kappa shape index (κ1) is 17.3. The van der Waals surface area contributed by atoms with E-state index in [-0.39, 0.29) is 11.6 Å². The molecule has 2 aromatic carbocycles. The molecule has 0 spiro atoms. The minimum atomic E-state index is -4.43. The Hall–Kier alpha value is -2.54. The van der Waals surface area contributed by atoms with Crippen molar-refractivity contribution < 1.29 is 18.0 Å². The lowest BCUT2D eigenvalue weighted by molar-refractivity contribution is -0.137. The predicted octanol–water partition coefficient (Wildman–Crippen LogP) is 4.65. The Morgan fingerprint density at radius 2 is 1.72 bits per heavy atom. The molecule has 0 saturated heterocycles. The van der Waals surface area contributed by atoms with Crippen LogP contribution in [0.2, 0.25) is 0 Å². The lowest BCUT2D eigenvalue weighted by Gasteiger charge is -2.17. The van der Waals surface area contributed by atoms with E-state index in [1.54, 1.807) is 24.3 Å². The second kappa shape index (κ2) is 6.40. The van der Waals surface area contributed by atoms with E-state index in [2.05, 4.69) is 10.6 Å². The van der Waals surface area contributed by atoms with Gasteiger partial charge in [-0.2, -0.15) is 13.2 Å². The summed E-state index contributed by atoms with van der Waals surface area (Å²) in [5.74, 6) is -0.284. The van der Waals surface area contributed by atoms with E-state index in [0.29, 0.717) is 25.1 Å². The van der Waals surface area contributed by atoms with Crippen LogP contribution in [0.5, 0.6) is 0 Å². The predicted molar refractivity (Wildman–Crippen MR) is 89.3 cm³/mol. The average molecular weight is 348 g/mol. The molecule has 0 atom stereocenters. The molecule has 0 aromatic heterocycles. The van der Waals surface area contributed by atoms with Crippen LogP contribution in [0.1, 0.15) is 24.0 Å². The van der Waals surface area contributed by atoms with E-state index in [0.717, 1.165) is 11.6 Å². The first-order chi connectivity index (χ1) is 11.8. The summed E-state index contributed by atoms with van der Waals surface area (Å²) in [6.07, 6.45) is -3.26. The number of amides is 1. The molecule has 4 nitrogen and oxygen atoms in total. The summed E-state index contributed by atoms with van der Waals surface area (Å²) in [5, 5.41) is 5.47. The van der Waals surface area contributed by atoms with E-state index in [1.165, 1.54) is 18.2 Å². The molecule has 0 radical (unpaired) electrons. The molecule has 2 aromatic rings. The van der Waals surface area contributed by atoms with Crippen LogP contribution >= 0.6 is 0 Å². The average Bonchev–Trinajstić information content (AvgIpc) is 3.32. The molecule has 1 amide bonds. The van der Waals surface area contributed by atoms with Crippen LogP contribution < -0.4 is 10.6 Å². The maximum Gasteiger partial charge on any atom is 0.418 e. The fraction of sp³-hybridized carbons (Fsp3) is 0.278. The van der Waals surface area contributed by atoms with E-state index in [1.807, 2.05) is 0 Å². The number of carbonyl (C=O) groups is 1. The molecule has 132 valence electrons. The van der Waals surface area contributed by atoms with Gasteiger partial charge >= 0.3 is 6.18 Å². The second-order valence-electron chi connectivity index (χ2n) is 6.13. The molecule has 1 saturated carbocycles. The highest BCUT2D eigenvalue weighted by atomic mass is 19.4. The Morgan fingerprint density at radius 3 is 2.32 bits per heavy atom. The summed E-state index contributed by atoms with van der Waals surface area (Å²) < 4.78 is 39.0. The molecule has 0 bridgehead atoms. The van der Waals surface area contributed by atoms with Gasteiger partial charge in [-0.15, -0.1) is 0 Å². The van der Waals surface area contributed by atoms with Gasteiger partial charge in [0.2, 0.25) is 5.91 Å². The number of alkyl halides is 3. The van der Waals surface area contributed by atoms with E-state index in [9.17, 15) is 18.0 Å². The molecule has 1 aliphatic carbocycles. The van der Waals surface area contributed by atoms with Crippen molar-refractivity contribution in [2.45, 2.75) is 31.1 Å². The van der Waals surface area contributed by atoms with E-state index < -0.39 is 17.3 Å². The SMILES string of the molecule is [NH-]C1(C(=O)NCc2ccc(Nc3ccccc3C(F)(F)F)cc2)CC1. The summed E-state index contributed by atoms with van der Waals surface area (Å²) in [6, 6.07) is 12.0. The number of para-hydroxylation sites is 1. The van der Waals surface area contributed by atoms with Gasteiger partial charge in [-0.25, -0.2) is 0 Å². The maximum absolute atomic E-state index is 13.0. The monoisotopic (exact) mass is 348 g/mol. The van der Waals surface area contributed by atoms with Crippen molar-refractivity contribution in [1.82, 2.24) is 5.32 Å². The number of rotatable bonds is 5. The van der Waals surface area contributed by atoms with Crippen LogP contribution in [-0.2, 0) is 17.5 Å². The highest BCUT2D eigenvalue weighted by Gasteiger charge is 2.37. The molecule has 3 N–H and O–H groups in total. The number of anilines is 2. The number of carbonyl (C=O) groups excluding carboxylic acids is 1. The fourth-order valence-corrected chi connectivity index (χ4v) is 2.40. The van der Waals surface area contributed by atoms with E-state index >= 15 is 0 Å². The van der Waals surface area contributed by atoms with Crippen molar-refractivity contribution >= 4 is 17.3 Å². The van der Waals surface area contributed by atoms with Gasteiger partial charge in [-0.1, -0.05) is 37.1 Å². The molecule has 0 heterocycles. The summed E-state index contributed by atoms with van der Waals surface area (Å²) in [6.45, 7) is 0.291. The summed E-state index contributed by atoms with van der Waals surface area (Å²) in [7, 11) is 0. The topological polar surface area (TPSA) is 64.9 Å². The van der Waals surface area contributed by atoms with Crippen molar-refractivity contribution in [1.29, 1.82) is 0 Å². The summed E-state index contributed by atoms with van der Waals surface area (Å²) in [4.78, 5) is 11.7. The maximum atomic E-state index is 13.0. The zero-order valence-electron chi connectivity index (χ0n) is 13.3. The van der Waals surface area contributed by atoms with Crippen molar-refractivity contribution in [3.05, 3.63) is 65.4 Å². The van der Waals surface area contributed by atoms with Crippen molar-refractivity contribution in [3.63, 3.8) is 0 Å². The van der Waals surface area contributed by atoms with Crippen LogP contribution in [0.25, 0.3) is 5.73 Å². The van der Waals surface area contributed by atoms with Crippen molar-refractivity contribution in [2.75, 3.05) is 5.32 Å². The van der Waals surface area contributed by atoms with Gasteiger partial charge in [0.05, 0.1) is 11.3 Å². The van der Waals surface area contributed by atoms with Crippen LogP contribution in [0.15, 0.2) is 48.5 Å². The minimum Gasteiger partial charge on any atom is -0.664 e. The third-order valence-corrected chi connectivity index (χ3v) is 4.10. The van der Waals surface area contributed by atoms with Gasteiger partial charge in [-0.3, -0.25) is 4.79 Å². The van der Waals surface area contributed by atoms with Crippen molar-refractivity contribution in [2.24, 2.45) is 0 Å². The van der Waals surface area contributed by atoms with Gasteiger partial charge in [0.1, 0.15) is 0 Å². The van der Waals surface area contributed by atoms with E-state index in [4.69, 9.17) is 5.73 Å². The zero-order valence-corrected chi connectivity index (χ0v) is 13.3. The van der Waals surface area contributed by atoms with Crippen LogP contribution in [0, 0.1) is 0 Å². The summed E-state index contributed by atoms with van der Waals surface area (Å²) >= 11 is 0. The Labute approximate surface area is 143 Å². The lowest BCUT2D eigenvalue weighted by Crippen LogP contribution is -2.33. The Morgan fingerprint density at radius 1 is 1.08 bits per heavy atom. The number of halogens is 3. The first-order valence-corrected chi connectivity index (χ1v) is 7.83. The molecule has 25 heavy (non-hydrogen) atoms. The summed E-state index contributed by atoms with van der Waals surface area (Å²) in [5.41, 5.74) is 7.35. The van der Waals surface area contributed by atoms with Gasteiger partial charge in [0.15, 0.2) is 0 Å². The standard InChI is InChI=1S/C18H17F3N3O/c19-18(20,21)14-3-1-2-4-15(14)24-13-7-5-12(6-8-13)11-23-16(25)17(22)9-10-17/h1-8,22,24H,9-11H2,(H,23,25)/q-1. The molecule has 3 rings (SSSR count). The Balaban J connectivity index is 1.64. The van der Waals surface area contributed by atoms with Gasteiger partial charge in [0.25, 0.3) is 0 Å². The molecule has 7 heteroatoms. The largest absolute Gasteiger partial charge is 0.664 e. The quantitative estimate of drug-likeness (QED) is 0.826. The third kappa shape index (κ3) is 4.11. The molecular weight excluding hydrogens is 331 g/mol. The number of hydrogen-bond donors (Lipinski definition) is 2. The molecule has 1 aliphatic rings. The normalized spacial score (nSPS) is 15.5. The number of nitrogens with one attached hydrogen (secondary N) is 3. The molecular formula is C18H17F3N3O-. The van der Waals surface area contributed by atoms with Gasteiger partial charge < -0.3 is 16.4 Å². The highest BCUT2D eigenvalue weighted by Crippen LogP contribution is 2.38. The second-order valence-corrected chi connectivity index (χ2v) is 6.13. The number of benzene rings is 2.